The minimum absolute atomic E-state index is 0.0352. The molecule has 1 amide bonds. The maximum Gasteiger partial charge on any atom is 0.229 e. The number of carbonyl (C=O) groups is 1. The molecule has 112 valence electrons. The maximum absolute atomic E-state index is 12.4. The van der Waals surface area contributed by atoms with Crippen LogP contribution in [0.2, 0.25) is 5.02 Å². The Bertz CT molecular complexity index is 593. The first-order chi connectivity index (χ1) is 10.2. The second kappa shape index (κ2) is 5.07. The third kappa shape index (κ3) is 2.34. The average Bonchev–Trinajstić information content (AvgIpc) is 3.10. The molecule has 5 nitrogen and oxygen atoms in total. The summed E-state index contributed by atoms with van der Waals surface area (Å²) in [6.07, 6.45) is 3.18. The summed E-state index contributed by atoms with van der Waals surface area (Å²) < 4.78 is 11.0. The molecular formula is C15H17ClN2O3. The molecule has 2 N–H and O–H groups in total. The summed E-state index contributed by atoms with van der Waals surface area (Å²) in [7, 11) is 0. The number of halogens is 1. The molecule has 0 aromatic heterocycles. The van der Waals surface area contributed by atoms with Crippen molar-refractivity contribution >= 4 is 23.2 Å². The second-order valence-electron chi connectivity index (χ2n) is 5.85. The molecule has 0 spiro atoms. The molecule has 21 heavy (non-hydrogen) atoms. The average molecular weight is 309 g/mol. The molecular weight excluding hydrogens is 292 g/mol. The zero-order valence-electron chi connectivity index (χ0n) is 11.5. The van der Waals surface area contributed by atoms with Crippen molar-refractivity contribution in [1.82, 2.24) is 5.32 Å². The highest BCUT2D eigenvalue weighted by atomic mass is 35.5. The highest BCUT2D eigenvalue weighted by molar-refractivity contribution is 6.34. The summed E-state index contributed by atoms with van der Waals surface area (Å²) in [5, 5.41) is 6.89. The molecule has 6 heteroatoms. The Morgan fingerprint density at radius 1 is 1.24 bits per heavy atom. The largest absolute Gasteiger partial charge is 0.486 e. The number of hydrogen-bond acceptors (Lipinski definition) is 4. The topological polar surface area (TPSA) is 59.6 Å². The minimum Gasteiger partial charge on any atom is -0.486 e. The van der Waals surface area contributed by atoms with Crippen molar-refractivity contribution < 1.29 is 14.3 Å². The monoisotopic (exact) mass is 308 g/mol. The lowest BCUT2D eigenvalue weighted by Gasteiger charge is -2.22. The van der Waals surface area contributed by atoms with E-state index in [9.17, 15) is 4.79 Å². The van der Waals surface area contributed by atoms with Crippen LogP contribution >= 0.6 is 11.6 Å². The molecule has 3 heterocycles. The van der Waals surface area contributed by atoms with E-state index in [1.54, 1.807) is 12.1 Å². The van der Waals surface area contributed by atoms with E-state index in [0.717, 1.165) is 12.8 Å². The predicted octanol–water partition coefficient (Wildman–Crippen LogP) is 2.19. The third-order valence-electron chi connectivity index (χ3n) is 4.53. The molecule has 1 aromatic carbocycles. The first kappa shape index (κ1) is 13.2. The van der Waals surface area contributed by atoms with Gasteiger partial charge in [-0.05, 0) is 19.3 Å². The molecule has 2 saturated heterocycles. The fourth-order valence-corrected chi connectivity index (χ4v) is 3.70. The van der Waals surface area contributed by atoms with Gasteiger partial charge in [0.2, 0.25) is 5.91 Å². The van der Waals surface area contributed by atoms with E-state index in [-0.39, 0.29) is 11.8 Å². The molecule has 2 bridgehead atoms. The Hall–Kier alpha value is -1.46. The van der Waals surface area contributed by atoms with Gasteiger partial charge in [0.1, 0.15) is 13.2 Å². The first-order valence-electron chi connectivity index (χ1n) is 7.37. The van der Waals surface area contributed by atoms with Gasteiger partial charge in [0.15, 0.2) is 11.5 Å². The van der Waals surface area contributed by atoms with Crippen molar-refractivity contribution in [2.45, 2.75) is 31.3 Å². The van der Waals surface area contributed by atoms with Gasteiger partial charge in [-0.3, -0.25) is 4.79 Å². The van der Waals surface area contributed by atoms with Crippen molar-refractivity contribution in [2.24, 2.45) is 5.92 Å². The summed E-state index contributed by atoms with van der Waals surface area (Å²) in [5.74, 6) is 1.33. The lowest BCUT2D eigenvalue weighted by atomic mass is 9.88. The number of benzene rings is 1. The Balaban J connectivity index is 1.53. The molecule has 1 aromatic rings. The van der Waals surface area contributed by atoms with Gasteiger partial charge in [0.25, 0.3) is 0 Å². The van der Waals surface area contributed by atoms with Gasteiger partial charge in [-0.1, -0.05) is 11.6 Å². The predicted molar refractivity (Wildman–Crippen MR) is 79.1 cm³/mol. The van der Waals surface area contributed by atoms with Gasteiger partial charge in [0.05, 0.1) is 16.6 Å². The molecule has 0 aliphatic carbocycles. The Morgan fingerprint density at radius 2 is 2.00 bits per heavy atom. The van der Waals surface area contributed by atoms with Crippen molar-refractivity contribution in [3.05, 3.63) is 17.2 Å². The van der Waals surface area contributed by atoms with E-state index in [1.807, 2.05) is 0 Å². The molecule has 3 atom stereocenters. The Kier molecular flexibility index (Phi) is 3.19. The fraction of sp³-hybridized carbons (Fsp3) is 0.533. The van der Waals surface area contributed by atoms with Crippen LogP contribution in [-0.2, 0) is 4.79 Å². The molecule has 3 aliphatic heterocycles. The van der Waals surface area contributed by atoms with Crippen LogP contribution in [-0.4, -0.2) is 31.2 Å². The van der Waals surface area contributed by atoms with E-state index < -0.39 is 0 Å². The quantitative estimate of drug-likeness (QED) is 0.879. The number of carbonyl (C=O) groups excluding carboxylic acids is 1. The molecule has 2 fully saturated rings. The van der Waals surface area contributed by atoms with Crippen LogP contribution in [0.25, 0.3) is 0 Å². The Labute approximate surface area is 127 Å². The number of amides is 1. The number of nitrogens with one attached hydrogen (secondary N) is 2. The molecule has 0 saturated carbocycles. The molecule has 3 aliphatic rings. The van der Waals surface area contributed by atoms with E-state index in [4.69, 9.17) is 21.1 Å². The summed E-state index contributed by atoms with van der Waals surface area (Å²) >= 11 is 6.23. The number of fused-ring (bicyclic) bond motifs is 3. The van der Waals surface area contributed by atoms with Crippen LogP contribution < -0.4 is 20.1 Å². The van der Waals surface area contributed by atoms with E-state index in [1.165, 1.54) is 6.42 Å². The van der Waals surface area contributed by atoms with Crippen LogP contribution in [0, 0.1) is 5.92 Å². The van der Waals surface area contributed by atoms with Crippen LogP contribution in [0.5, 0.6) is 11.5 Å². The number of anilines is 1. The molecule has 3 unspecified atom stereocenters. The SMILES string of the molecule is O=C(Nc1cc2c(cc1Cl)OCCO2)C1CC2CCC1N2. The van der Waals surface area contributed by atoms with Crippen LogP contribution in [0.3, 0.4) is 0 Å². The normalized spacial score (nSPS) is 29.5. The highest BCUT2D eigenvalue weighted by Gasteiger charge is 2.42. The lowest BCUT2D eigenvalue weighted by Crippen LogP contribution is -2.32. The van der Waals surface area contributed by atoms with Gasteiger partial charge in [-0.15, -0.1) is 0 Å². The zero-order chi connectivity index (χ0) is 14.4. The van der Waals surface area contributed by atoms with E-state index in [2.05, 4.69) is 10.6 Å². The number of rotatable bonds is 2. The van der Waals surface area contributed by atoms with Gasteiger partial charge >= 0.3 is 0 Å². The van der Waals surface area contributed by atoms with Crippen molar-refractivity contribution in [3.63, 3.8) is 0 Å². The van der Waals surface area contributed by atoms with Gasteiger partial charge in [-0.25, -0.2) is 0 Å². The summed E-state index contributed by atoms with van der Waals surface area (Å²) in [6, 6.07) is 4.26. The first-order valence-corrected chi connectivity index (χ1v) is 7.74. The van der Waals surface area contributed by atoms with E-state index >= 15 is 0 Å². The third-order valence-corrected chi connectivity index (χ3v) is 4.84. The number of ether oxygens (including phenoxy) is 2. The standard InChI is InChI=1S/C15H17ClN2O3/c16-10-6-13-14(21-4-3-20-13)7-12(10)18-15(19)9-5-8-1-2-11(9)17-8/h6-9,11,17H,1-5H2,(H,18,19). The van der Waals surface area contributed by atoms with Gasteiger partial charge in [0, 0.05) is 24.2 Å². The zero-order valence-corrected chi connectivity index (χ0v) is 12.3. The lowest BCUT2D eigenvalue weighted by molar-refractivity contribution is -0.120. The van der Waals surface area contributed by atoms with Crippen molar-refractivity contribution in [3.8, 4) is 11.5 Å². The Morgan fingerprint density at radius 3 is 2.67 bits per heavy atom. The van der Waals surface area contributed by atoms with Crippen LogP contribution in [0.15, 0.2) is 12.1 Å². The highest BCUT2D eigenvalue weighted by Crippen LogP contribution is 2.39. The maximum atomic E-state index is 12.4. The fourth-order valence-electron chi connectivity index (χ4n) is 3.50. The van der Waals surface area contributed by atoms with Gasteiger partial charge < -0.3 is 20.1 Å². The molecule has 0 radical (unpaired) electrons. The van der Waals surface area contributed by atoms with Crippen LogP contribution in [0.1, 0.15) is 19.3 Å². The minimum atomic E-state index is 0.0352. The summed E-state index contributed by atoms with van der Waals surface area (Å²) in [5.41, 5.74) is 0.591. The molecule has 4 rings (SSSR count). The van der Waals surface area contributed by atoms with Crippen molar-refractivity contribution in [2.75, 3.05) is 18.5 Å². The number of hydrogen-bond donors (Lipinski definition) is 2. The van der Waals surface area contributed by atoms with E-state index in [0.29, 0.717) is 47.5 Å². The van der Waals surface area contributed by atoms with Crippen molar-refractivity contribution in [1.29, 1.82) is 0 Å². The summed E-state index contributed by atoms with van der Waals surface area (Å²) in [6.45, 7) is 1.03. The second-order valence-corrected chi connectivity index (χ2v) is 6.26. The van der Waals surface area contributed by atoms with Crippen LogP contribution in [0.4, 0.5) is 5.69 Å². The van der Waals surface area contributed by atoms with Gasteiger partial charge in [-0.2, -0.15) is 0 Å². The summed E-state index contributed by atoms with van der Waals surface area (Å²) in [4.78, 5) is 12.4. The smallest absolute Gasteiger partial charge is 0.229 e.